The van der Waals surface area contributed by atoms with Crippen LogP contribution in [0, 0.1) is 0 Å². The summed E-state index contributed by atoms with van der Waals surface area (Å²) in [7, 11) is 0. The summed E-state index contributed by atoms with van der Waals surface area (Å²) in [5.74, 6) is -0.125. The van der Waals surface area contributed by atoms with E-state index < -0.39 is 11.7 Å². The van der Waals surface area contributed by atoms with Gasteiger partial charge in [0.2, 0.25) is 0 Å². The summed E-state index contributed by atoms with van der Waals surface area (Å²) in [5.41, 5.74) is 1.01. The normalized spacial score (nSPS) is 11.9. The Balaban J connectivity index is 2.46. The highest BCUT2D eigenvalue weighted by Gasteiger charge is 2.30. The molecule has 0 heterocycles. The van der Waals surface area contributed by atoms with Crippen LogP contribution in [0.5, 0.6) is 0 Å². The number of hydrogen-bond donors (Lipinski definition) is 0. The molecule has 0 N–H and O–H groups in total. The fourth-order valence-electron chi connectivity index (χ4n) is 2.96. The Morgan fingerprint density at radius 3 is 1.88 bits per heavy atom. The van der Waals surface area contributed by atoms with Crippen molar-refractivity contribution in [1.82, 2.24) is 4.90 Å². The van der Waals surface area contributed by atoms with Crippen molar-refractivity contribution in [2.45, 2.75) is 46.0 Å². The maximum absolute atomic E-state index is 13.0. The molecule has 1 amide bonds. The van der Waals surface area contributed by atoms with Crippen LogP contribution in [-0.2, 0) is 6.18 Å². The number of hydrogen-bond acceptors (Lipinski definition) is 1. The predicted octanol–water partition coefficient (Wildman–Crippen LogP) is 5.63. The standard InChI is InChI=1S/C20H22F3NO/c1-13(2)24(14(3)4)19(25)18-8-6-5-7-17(18)15-9-11-16(12-10-15)20(21,22)23/h5-14H,1-4H3. The zero-order valence-electron chi connectivity index (χ0n) is 14.8. The predicted molar refractivity (Wildman–Crippen MR) is 93.3 cm³/mol. The number of carbonyl (C=O) groups excluding carboxylic acids is 1. The molecule has 0 unspecified atom stereocenters. The summed E-state index contributed by atoms with van der Waals surface area (Å²) in [5, 5.41) is 0. The van der Waals surface area contributed by atoms with Crippen LogP contribution in [0.4, 0.5) is 13.2 Å². The third-order valence-corrected chi connectivity index (χ3v) is 4.03. The van der Waals surface area contributed by atoms with Gasteiger partial charge in [-0.05, 0) is 57.0 Å². The van der Waals surface area contributed by atoms with E-state index in [0.29, 0.717) is 16.7 Å². The topological polar surface area (TPSA) is 20.3 Å². The minimum atomic E-state index is -4.38. The highest BCUT2D eigenvalue weighted by Crippen LogP contribution is 2.32. The molecule has 0 aliphatic heterocycles. The molecule has 0 aliphatic rings. The monoisotopic (exact) mass is 349 g/mol. The molecular formula is C20H22F3NO. The largest absolute Gasteiger partial charge is 0.416 e. The fraction of sp³-hybridized carbons (Fsp3) is 0.350. The van der Waals surface area contributed by atoms with Gasteiger partial charge >= 0.3 is 6.18 Å². The van der Waals surface area contributed by atoms with Gasteiger partial charge in [-0.2, -0.15) is 13.2 Å². The molecule has 0 aliphatic carbocycles. The second-order valence-electron chi connectivity index (χ2n) is 6.52. The van der Waals surface area contributed by atoms with Gasteiger partial charge in [0, 0.05) is 17.6 Å². The van der Waals surface area contributed by atoms with Crippen molar-refractivity contribution < 1.29 is 18.0 Å². The average Bonchev–Trinajstić information content (AvgIpc) is 2.53. The van der Waals surface area contributed by atoms with Crippen molar-refractivity contribution >= 4 is 5.91 Å². The number of nitrogens with zero attached hydrogens (tertiary/aromatic N) is 1. The second kappa shape index (κ2) is 7.30. The van der Waals surface area contributed by atoms with Crippen LogP contribution in [0.25, 0.3) is 11.1 Å². The number of carbonyl (C=O) groups is 1. The van der Waals surface area contributed by atoms with Crippen LogP contribution in [0.2, 0.25) is 0 Å². The van der Waals surface area contributed by atoms with Gasteiger partial charge in [0.15, 0.2) is 0 Å². The number of halogens is 3. The molecule has 0 radical (unpaired) electrons. The van der Waals surface area contributed by atoms with Gasteiger partial charge < -0.3 is 4.90 Å². The van der Waals surface area contributed by atoms with Crippen molar-refractivity contribution in [3.05, 3.63) is 59.7 Å². The molecule has 0 atom stereocenters. The number of alkyl halides is 3. The van der Waals surface area contributed by atoms with Crippen LogP contribution < -0.4 is 0 Å². The highest BCUT2D eigenvalue weighted by molar-refractivity contribution is 6.01. The molecule has 0 aromatic heterocycles. The Kier molecular flexibility index (Phi) is 5.55. The molecule has 2 aromatic rings. The van der Waals surface area contributed by atoms with Gasteiger partial charge in [0.1, 0.15) is 0 Å². The first-order valence-electron chi connectivity index (χ1n) is 8.22. The fourth-order valence-corrected chi connectivity index (χ4v) is 2.96. The molecule has 0 spiro atoms. The van der Waals surface area contributed by atoms with Crippen molar-refractivity contribution in [1.29, 1.82) is 0 Å². The van der Waals surface area contributed by atoms with E-state index in [4.69, 9.17) is 0 Å². The number of benzene rings is 2. The molecule has 5 heteroatoms. The van der Waals surface area contributed by atoms with Crippen molar-refractivity contribution in [2.24, 2.45) is 0 Å². The minimum absolute atomic E-state index is 0.0214. The molecule has 0 saturated heterocycles. The molecule has 2 aromatic carbocycles. The summed E-state index contributed by atoms with van der Waals surface area (Å²) in [4.78, 5) is 14.8. The lowest BCUT2D eigenvalue weighted by Gasteiger charge is -2.31. The summed E-state index contributed by atoms with van der Waals surface area (Å²) in [6.07, 6.45) is -4.38. The van der Waals surface area contributed by atoms with E-state index in [0.717, 1.165) is 12.1 Å². The minimum Gasteiger partial charge on any atom is -0.334 e. The maximum atomic E-state index is 13.0. The van der Waals surface area contributed by atoms with Gasteiger partial charge in [-0.1, -0.05) is 30.3 Å². The average molecular weight is 349 g/mol. The Bertz CT molecular complexity index is 725. The van der Waals surface area contributed by atoms with Gasteiger partial charge in [-0.25, -0.2) is 0 Å². The third-order valence-electron chi connectivity index (χ3n) is 4.03. The molecular weight excluding hydrogens is 327 g/mol. The highest BCUT2D eigenvalue weighted by atomic mass is 19.4. The quantitative estimate of drug-likeness (QED) is 0.700. The smallest absolute Gasteiger partial charge is 0.334 e. The van der Waals surface area contributed by atoms with E-state index in [9.17, 15) is 18.0 Å². The first kappa shape index (κ1) is 19.0. The van der Waals surface area contributed by atoms with E-state index in [2.05, 4.69) is 0 Å². The zero-order chi connectivity index (χ0) is 18.8. The van der Waals surface area contributed by atoms with Crippen molar-refractivity contribution in [2.75, 3.05) is 0 Å². The first-order valence-corrected chi connectivity index (χ1v) is 8.22. The van der Waals surface area contributed by atoms with Gasteiger partial charge in [0.25, 0.3) is 5.91 Å². The van der Waals surface area contributed by atoms with Gasteiger partial charge in [-0.15, -0.1) is 0 Å². The SMILES string of the molecule is CC(C)N(C(=O)c1ccccc1-c1ccc(C(F)(F)F)cc1)C(C)C. The van der Waals surface area contributed by atoms with Crippen LogP contribution in [0.1, 0.15) is 43.6 Å². The van der Waals surface area contributed by atoms with E-state index in [1.807, 2.05) is 27.7 Å². The van der Waals surface area contributed by atoms with Gasteiger partial charge in [-0.3, -0.25) is 4.79 Å². The molecule has 25 heavy (non-hydrogen) atoms. The Hall–Kier alpha value is -2.30. The van der Waals surface area contributed by atoms with Crippen molar-refractivity contribution in [3.8, 4) is 11.1 Å². The van der Waals surface area contributed by atoms with Crippen LogP contribution in [-0.4, -0.2) is 22.9 Å². The molecule has 0 saturated carbocycles. The maximum Gasteiger partial charge on any atom is 0.416 e. The van der Waals surface area contributed by atoms with E-state index >= 15 is 0 Å². The Morgan fingerprint density at radius 1 is 0.880 bits per heavy atom. The summed E-state index contributed by atoms with van der Waals surface area (Å²) in [6, 6.07) is 12.0. The zero-order valence-corrected chi connectivity index (χ0v) is 14.8. The van der Waals surface area contributed by atoms with Gasteiger partial charge in [0.05, 0.1) is 5.56 Å². The molecule has 134 valence electrons. The van der Waals surface area contributed by atoms with Crippen LogP contribution >= 0.6 is 0 Å². The lowest BCUT2D eigenvalue weighted by atomic mass is 9.97. The van der Waals surface area contributed by atoms with Crippen LogP contribution in [0.15, 0.2) is 48.5 Å². The molecule has 0 bridgehead atoms. The summed E-state index contributed by atoms with van der Waals surface area (Å²) >= 11 is 0. The Labute approximate surface area is 146 Å². The summed E-state index contributed by atoms with van der Waals surface area (Å²) in [6.45, 7) is 7.77. The first-order chi connectivity index (χ1) is 11.6. The van der Waals surface area contributed by atoms with E-state index in [1.165, 1.54) is 12.1 Å². The third kappa shape index (κ3) is 4.21. The second-order valence-corrected chi connectivity index (χ2v) is 6.52. The lowest BCUT2D eigenvalue weighted by Crippen LogP contribution is -2.42. The lowest BCUT2D eigenvalue weighted by molar-refractivity contribution is -0.137. The molecule has 2 nitrogen and oxygen atoms in total. The van der Waals surface area contributed by atoms with Crippen LogP contribution in [0.3, 0.4) is 0 Å². The van der Waals surface area contributed by atoms with Crippen molar-refractivity contribution in [3.63, 3.8) is 0 Å². The number of rotatable bonds is 4. The Morgan fingerprint density at radius 2 is 1.40 bits per heavy atom. The molecule has 0 fully saturated rings. The number of amides is 1. The van der Waals surface area contributed by atoms with E-state index in [1.54, 1.807) is 29.2 Å². The summed E-state index contributed by atoms with van der Waals surface area (Å²) < 4.78 is 38.3. The molecule has 2 rings (SSSR count). The van der Waals surface area contributed by atoms with E-state index in [-0.39, 0.29) is 18.0 Å².